The van der Waals surface area contributed by atoms with Crippen LogP contribution in [0.1, 0.15) is 44.2 Å². The minimum atomic E-state index is -0.111. The SMILES string of the molecule is COc1ccc2c(c1)OC(C)(CC1CC1)C[C@H]2N. The number of nitrogens with two attached hydrogens (primary N) is 1. The Labute approximate surface area is 108 Å². The van der Waals surface area contributed by atoms with Crippen molar-refractivity contribution >= 4 is 0 Å². The van der Waals surface area contributed by atoms with Crippen molar-refractivity contribution in [2.75, 3.05) is 7.11 Å². The van der Waals surface area contributed by atoms with Crippen molar-refractivity contribution in [1.29, 1.82) is 0 Å². The lowest BCUT2D eigenvalue weighted by atomic mass is 9.85. The summed E-state index contributed by atoms with van der Waals surface area (Å²) in [6.45, 7) is 2.19. The maximum absolute atomic E-state index is 6.29. The molecule has 18 heavy (non-hydrogen) atoms. The maximum Gasteiger partial charge on any atom is 0.128 e. The molecule has 1 aromatic rings. The molecule has 1 fully saturated rings. The lowest BCUT2D eigenvalue weighted by molar-refractivity contribution is 0.0400. The molecule has 1 aliphatic carbocycles. The molecule has 1 aromatic carbocycles. The fourth-order valence-electron chi connectivity index (χ4n) is 2.98. The van der Waals surface area contributed by atoms with Gasteiger partial charge in [-0.1, -0.05) is 18.9 Å². The third-order valence-electron chi connectivity index (χ3n) is 4.05. The van der Waals surface area contributed by atoms with Gasteiger partial charge in [0.25, 0.3) is 0 Å². The lowest BCUT2D eigenvalue weighted by Crippen LogP contribution is -2.40. The summed E-state index contributed by atoms with van der Waals surface area (Å²) in [5.74, 6) is 2.57. The molecule has 0 amide bonds. The normalized spacial score (nSPS) is 30.5. The highest BCUT2D eigenvalue weighted by Gasteiger charge is 2.40. The number of methoxy groups -OCH3 is 1. The van der Waals surface area contributed by atoms with Gasteiger partial charge in [0.2, 0.25) is 0 Å². The number of fused-ring (bicyclic) bond motifs is 1. The fourth-order valence-corrected chi connectivity index (χ4v) is 2.98. The van der Waals surface area contributed by atoms with Crippen LogP contribution in [-0.4, -0.2) is 12.7 Å². The average Bonchev–Trinajstić information content (AvgIpc) is 3.11. The molecule has 1 unspecified atom stereocenters. The molecule has 0 radical (unpaired) electrons. The predicted molar refractivity (Wildman–Crippen MR) is 70.9 cm³/mol. The summed E-state index contributed by atoms with van der Waals surface area (Å²) in [6, 6.07) is 6.00. The third-order valence-corrected chi connectivity index (χ3v) is 4.05. The zero-order chi connectivity index (χ0) is 12.8. The molecule has 0 saturated heterocycles. The van der Waals surface area contributed by atoms with E-state index in [0.29, 0.717) is 0 Å². The molecule has 3 heteroatoms. The standard InChI is InChI=1S/C15H21NO2/c1-15(8-10-3-4-10)9-13(16)12-6-5-11(17-2)7-14(12)18-15/h5-7,10,13H,3-4,8-9,16H2,1-2H3/t13-,15?/m1/s1. The van der Waals surface area contributed by atoms with Crippen LogP contribution in [0.5, 0.6) is 11.5 Å². The summed E-state index contributed by atoms with van der Waals surface area (Å²) >= 11 is 0. The molecule has 3 rings (SSSR count). The average molecular weight is 247 g/mol. The van der Waals surface area contributed by atoms with Gasteiger partial charge in [0, 0.05) is 24.1 Å². The molecule has 0 aromatic heterocycles. The van der Waals surface area contributed by atoms with Crippen LogP contribution in [0, 0.1) is 5.92 Å². The van der Waals surface area contributed by atoms with Gasteiger partial charge in [0.1, 0.15) is 17.1 Å². The monoisotopic (exact) mass is 247 g/mol. The molecular weight excluding hydrogens is 226 g/mol. The smallest absolute Gasteiger partial charge is 0.128 e. The molecule has 2 aliphatic rings. The first kappa shape index (κ1) is 11.8. The molecule has 2 N–H and O–H groups in total. The van der Waals surface area contributed by atoms with Crippen LogP contribution in [-0.2, 0) is 0 Å². The topological polar surface area (TPSA) is 44.5 Å². The minimum Gasteiger partial charge on any atom is -0.497 e. The molecule has 2 atom stereocenters. The summed E-state index contributed by atoms with van der Waals surface area (Å²) in [4.78, 5) is 0. The number of benzene rings is 1. The number of rotatable bonds is 3. The van der Waals surface area contributed by atoms with Crippen LogP contribution < -0.4 is 15.2 Å². The maximum atomic E-state index is 6.29. The Kier molecular flexibility index (Phi) is 2.74. The minimum absolute atomic E-state index is 0.0726. The molecule has 0 bridgehead atoms. The van der Waals surface area contributed by atoms with Crippen LogP contribution in [0.3, 0.4) is 0 Å². The molecular formula is C15H21NO2. The predicted octanol–water partition coefficient (Wildman–Crippen LogP) is 3.04. The van der Waals surface area contributed by atoms with Gasteiger partial charge in [0.15, 0.2) is 0 Å². The van der Waals surface area contributed by atoms with E-state index in [4.69, 9.17) is 15.2 Å². The van der Waals surface area contributed by atoms with Crippen molar-refractivity contribution in [2.24, 2.45) is 11.7 Å². The van der Waals surface area contributed by atoms with Gasteiger partial charge < -0.3 is 15.2 Å². The lowest BCUT2D eigenvalue weighted by Gasteiger charge is -2.39. The molecule has 0 spiro atoms. The first-order valence-electron chi connectivity index (χ1n) is 6.72. The van der Waals surface area contributed by atoms with Gasteiger partial charge in [-0.15, -0.1) is 0 Å². The quantitative estimate of drug-likeness (QED) is 0.893. The van der Waals surface area contributed by atoms with E-state index in [1.54, 1.807) is 7.11 Å². The molecule has 1 saturated carbocycles. The molecule has 98 valence electrons. The van der Waals surface area contributed by atoms with Gasteiger partial charge >= 0.3 is 0 Å². The van der Waals surface area contributed by atoms with Gasteiger partial charge in [-0.3, -0.25) is 0 Å². The Balaban J connectivity index is 1.88. The van der Waals surface area contributed by atoms with Crippen molar-refractivity contribution in [3.8, 4) is 11.5 Å². The number of hydrogen-bond donors (Lipinski definition) is 1. The van der Waals surface area contributed by atoms with Crippen molar-refractivity contribution in [3.63, 3.8) is 0 Å². The van der Waals surface area contributed by atoms with Gasteiger partial charge in [0.05, 0.1) is 7.11 Å². The van der Waals surface area contributed by atoms with Crippen molar-refractivity contribution in [1.82, 2.24) is 0 Å². The van der Waals surface area contributed by atoms with Gasteiger partial charge in [-0.25, -0.2) is 0 Å². The van der Waals surface area contributed by atoms with Gasteiger partial charge in [-0.2, -0.15) is 0 Å². The highest BCUT2D eigenvalue weighted by Crippen LogP contribution is 2.46. The Morgan fingerprint density at radius 3 is 2.89 bits per heavy atom. The van der Waals surface area contributed by atoms with E-state index in [1.165, 1.54) is 12.8 Å². The first-order chi connectivity index (χ1) is 8.59. The fraction of sp³-hybridized carbons (Fsp3) is 0.600. The Morgan fingerprint density at radius 1 is 1.44 bits per heavy atom. The first-order valence-corrected chi connectivity index (χ1v) is 6.72. The van der Waals surface area contributed by atoms with Crippen LogP contribution in [0.4, 0.5) is 0 Å². The van der Waals surface area contributed by atoms with E-state index < -0.39 is 0 Å². The largest absolute Gasteiger partial charge is 0.497 e. The number of ether oxygens (including phenoxy) is 2. The van der Waals surface area contributed by atoms with E-state index in [0.717, 1.165) is 35.8 Å². The Morgan fingerprint density at radius 2 is 2.22 bits per heavy atom. The van der Waals surface area contributed by atoms with Gasteiger partial charge in [-0.05, 0) is 25.3 Å². The summed E-state index contributed by atoms with van der Waals surface area (Å²) in [5, 5.41) is 0. The van der Waals surface area contributed by atoms with Crippen LogP contribution in [0.2, 0.25) is 0 Å². The van der Waals surface area contributed by atoms with Crippen LogP contribution >= 0.6 is 0 Å². The van der Waals surface area contributed by atoms with Crippen molar-refractivity contribution in [2.45, 2.75) is 44.2 Å². The second-order valence-electron chi connectivity index (χ2n) is 5.91. The summed E-state index contributed by atoms with van der Waals surface area (Å²) in [7, 11) is 1.67. The summed E-state index contributed by atoms with van der Waals surface area (Å²) in [6.07, 6.45) is 4.72. The third kappa shape index (κ3) is 2.19. The zero-order valence-corrected chi connectivity index (χ0v) is 11.1. The highest BCUT2D eigenvalue weighted by atomic mass is 16.5. The van der Waals surface area contributed by atoms with E-state index in [9.17, 15) is 0 Å². The van der Waals surface area contributed by atoms with E-state index >= 15 is 0 Å². The van der Waals surface area contributed by atoms with Crippen LogP contribution in [0.25, 0.3) is 0 Å². The highest BCUT2D eigenvalue weighted by molar-refractivity contribution is 5.44. The second-order valence-corrected chi connectivity index (χ2v) is 5.91. The Bertz CT molecular complexity index is 456. The van der Waals surface area contributed by atoms with Crippen molar-refractivity contribution < 1.29 is 9.47 Å². The summed E-state index contributed by atoms with van der Waals surface area (Å²) in [5.41, 5.74) is 7.28. The molecule has 3 nitrogen and oxygen atoms in total. The van der Waals surface area contributed by atoms with E-state index in [2.05, 4.69) is 6.92 Å². The Hall–Kier alpha value is -1.22. The van der Waals surface area contributed by atoms with Crippen molar-refractivity contribution in [3.05, 3.63) is 23.8 Å². The van der Waals surface area contributed by atoms with Crippen LogP contribution in [0.15, 0.2) is 18.2 Å². The van der Waals surface area contributed by atoms with E-state index in [-0.39, 0.29) is 11.6 Å². The molecule has 1 heterocycles. The zero-order valence-electron chi connectivity index (χ0n) is 11.1. The number of hydrogen-bond acceptors (Lipinski definition) is 3. The molecule has 1 aliphatic heterocycles. The summed E-state index contributed by atoms with van der Waals surface area (Å²) < 4.78 is 11.5. The van der Waals surface area contributed by atoms with E-state index in [1.807, 2.05) is 18.2 Å². The second kappa shape index (κ2) is 4.16.